The molecule has 2 aromatic rings. The van der Waals surface area contributed by atoms with Crippen molar-refractivity contribution in [1.29, 1.82) is 0 Å². The van der Waals surface area contributed by atoms with E-state index in [0.29, 0.717) is 18.7 Å². The molecule has 1 atom stereocenters. The van der Waals surface area contributed by atoms with E-state index in [1.54, 1.807) is 29.2 Å². The van der Waals surface area contributed by atoms with Crippen LogP contribution >= 0.6 is 0 Å². The molecule has 1 fully saturated rings. The maximum absolute atomic E-state index is 13.0. The zero-order valence-electron chi connectivity index (χ0n) is 15.6. The molecule has 1 saturated heterocycles. The minimum atomic E-state index is -4.55. The third-order valence-corrected chi connectivity index (χ3v) is 4.54. The number of pyridine rings is 1. The van der Waals surface area contributed by atoms with Crippen LogP contribution in [0.25, 0.3) is 0 Å². The minimum Gasteiger partial charge on any atom is -0.493 e. The topological polar surface area (TPSA) is 71.9 Å². The number of aromatic nitrogens is 1. The lowest BCUT2D eigenvalue weighted by atomic mass is 10.2. The Balaban J connectivity index is 1.47. The molecule has 0 unspecified atom stereocenters. The normalized spacial score (nSPS) is 16.7. The van der Waals surface area contributed by atoms with Crippen molar-refractivity contribution in [3.05, 3.63) is 53.7 Å². The highest BCUT2D eigenvalue weighted by molar-refractivity contribution is 5.76. The predicted octanol–water partition coefficient (Wildman–Crippen LogP) is 3.04. The highest BCUT2D eigenvalue weighted by atomic mass is 19.4. The molecule has 1 N–H and O–H groups in total. The molecule has 2 heterocycles. The number of aliphatic hydroxyl groups is 1. The first kappa shape index (κ1) is 20.9. The van der Waals surface area contributed by atoms with Gasteiger partial charge >= 0.3 is 6.18 Å². The van der Waals surface area contributed by atoms with Crippen molar-refractivity contribution in [2.75, 3.05) is 19.7 Å². The molecule has 3 rings (SSSR count). The fraction of sp³-hybridized carbons (Fsp3) is 0.400. The second kappa shape index (κ2) is 9.13. The lowest BCUT2D eigenvalue weighted by molar-refractivity contribution is -0.140. The number of likely N-dealkylation sites (tertiary alicyclic amines) is 1. The quantitative estimate of drug-likeness (QED) is 0.760. The number of amides is 1. The van der Waals surface area contributed by atoms with Crippen molar-refractivity contribution in [2.45, 2.75) is 31.7 Å². The Morgan fingerprint density at radius 2 is 2.00 bits per heavy atom. The van der Waals surface area contributed by atoms with Crippen molar-refractivity contribution >= 4 is 5.91 Å². The maximum atomic E-state index is 13.0. The standard InChI is InChI=1S/C20H21F3N2O4/c21-20(22,23)17-2-1-9-24-19(17)29-16-7-10-25(12-16)18(27)8-11-28-15-5-3-14(13-26)4-6-15/h1-6,9,16,26H,7-8,10-13H2/t16-/m1/s1. The van der Waals surface area contributed by atoms with E-state index in [-0.39, 0.29) is 32.1 Å². The summed E-state index contributed by atoms with van der Waals surface area (Å²) in [6.45, 7) is 0.735. The van der Waals surface area contributed by atoms with Crippen LogP contribution in [-0.2, 0) is 17.6 Å². The second-order valence-electron chi connectivity index (χ2n) is 6.62. The zero-order chi connectivity index (χ0) is 20.9. The van der Waals surface area contributed by atoms with Crippen molar-refractivity contribution in [2.24, 2.45) is 0 Å². The Morgan fingerprint density at radius 3 is 2.69 bits per heavy atom. The van der Waals surface area contributed by atoms with Gasteiger partial charge in [0.25, 0.3) is 0 Å². The number of nitrogens with zero attached hydrogens (tertiary/aromatic N) is 2. The molecular formula is C20H21F3N2O4. The van der Waals surface area contributed by atoms with Crippen molar-refractivity contribution in [3.8, 4) is 11.6 Å². The Kier molecular flexibility index (Phi) is 6.58. The minimum absolute atomic E-state index is 0.0556. The van der Waals surface area contributed by atoms with Gasteiger partial charge < -0.3 is 19.5 Å². The van der Waals surface area contributed by atoms with Crippen LogP contribution in [0.4, 0.5) is 13.2 Å². The van der Waals surface area contributed by atoms with Crippen LogP contribution in [0.15, 0.2) is 42.6 Å². The molecule has 0 aliphatic carbocycles. The molecule has 0 spiro atoms. The van der Waals surface area contributed by atoms with Gasteiger partial charge in [0, 0.05) is 19.2 Å². The molecule has 0 saturated carbocycles. The van der Waals surface area contributed by atoms with Gasteiger partial charge in [-0.25, -0.2) is 4.98 Å². The Bertz CT molecular complexity index is 827. The third kappa shape index (κ3) is 5.60. The summed E-state index contributed by atoms with van der Waals surface area (Å²) in [6.07, 6.45) is -3.27. The maximum Gasteiger partial charge on any atom is 0.421 e. The van der Waals surface area contributed by atoms with E-state index < -0.39 is 23.7 Å². The average Bonchev–Trinajstić information content (AvgIpc) is 3.17. The van der Waals surface area contributed by atoms with Crippen molar-refractivity contribution in [1.82, 2.24) is 9.88 Å². The van der Waals surface area contributed by atoms with E-state index in [1.807, 2.05) is 0 Å². The van der Waals surface area contributed by atoms with Gasteiger partial charge in [0.1, 0.15) is 17.4 Å². The van der Waals surface area contributed by atoms with Crippen LogP contribution in [0.2, 0.25) is 0 Å². The fourth-order valence-corrected chi connectivity index (χ4v) is 3.01. The largest absolute Gasteiger partial charge is 0.493 e. The summed E-state index contributed by atoms with van der Waals surface area (Å²) in [5.74, 6) is -0.0263. The lowest BCUT2D eigenvalue weighted by Crippen LogP contribution is -2.32. The van der Waals surface area contributed by atoms with Gasteiger partial charge in [-0.2, -0.15) is 13.2 Å². The number of ether oxygens (including phenoxy) is 2. The Labute approximate surface area is 165 Å². The molecule has 29 heavy (non-hydrogen) atoms. The van der Waals surface area contributed by atoms with E-state index in [2.05, 4.69) is 4.98 Å². The average molecular weight is 410 g/mol. The van der Waals surface area contributed by atoms with E-state index in [4.69, 9.17) is 14.6 Å². The van der Waals surface area contributed by atoms with Gasteiger partial charge in [0.15, 0.2) is 0 Å². The first-order valence-corrected chi connectivity index (χ1v) is 9.16. The molecule has 6 nitrogen and oxygen atoms in total. The van der Waals surface area contributed by atoms with Crippen LogP contribution in [0.1, 0.15) is 24.0 Å². The fourth-order valence-electron chi connectivity index (χ4n) is 3.01. The number of benzene rings is 1. The molecular weight excluding hydrogens is 389 g/mol. The van der Waals surface area contributed by atoms with Crippen molar-refractivity contribution in [3.63, 3.8) is 0 Å². The SMILES string of the molecule is O=C(CCOc1ccc(CO)cc1)N1CC[C@@H](Oc2ncccc2C(F)(F)F)C1. The molecule has 1 aliphatic rings. The van der Waals surface area contributed by atoms with E-state index in [0.717, 1.165) is 11.6 Å². The molecule has 0 radical (unpaired) electrons. The molecule has 1 aliphatic heterocycles. The lowest BCUT2D eigenvalue weighted by Gasteiger charge is -2.18. The Hall–Kier alpha value is -2.81. The zero-order valence-corrected chi connectivity index (χ0v) is 15.6. The van der Waals surface area contributed by atoms with Crippen LogP contribution in [0.3, 0.4) is 0 Å². The second-order valence-corrected chi connectivity index (χ2v) is 6.62. The number of halogens is 3. The number of hydrogen-bond acceptors (Lipinski definition) is 5. The first-order valence-electron chi connectivity index (χ1n) is 9.16. The van der Waals surface area contributed by atoms with Gasteiger partial charge in [-0.3, -0.25) is 4.79 Å². The van der Waals surface area contributed by atoms with Crippen LogP contribution < -0.4 is 9.47 Å². The highest BCUT2D eigenvalue weighted by Crippen LogP contribution is 2.35. The van der Waals surface area contributed by atoms with Crippen LogP contribution in [-0.4, -0.2) is 46.7 Å². The van der Waals surface area contributed by atoms with Crippen molar-refractivity contribution < 1.29 is 32.5 Å². The first-order chi connectivity index (χ1) is 13.9. The molecule has 1 aromatic heterocycles. The number of carbonyl (C=O) groups is 1. The van der Waals surface area contributed by atoms with Gasteiger partial charge in [0.05, 0.1) is 26.2 Å². The summed E-state index contributed by atoms with van der Waals surface area (Å²) in [6, 6.07) is 9.00. The van der Waals surface area contributed by atoms with E-state index in [9.17, 15) is 18.0 Å². The summed E-state index contributed by atoms with van der Waals surface area (Å²) < 4.78 is 50.1. The van der Waals surface area contributed by atoms with Gasteiger partial charge in [-0.05, 0) is 29.8 Å². The number of aliphatic hydroxyl groups excluding tert-OH is 1. The summed E-state index contributed by atoms with van der Waals surface area (Å²) in [5, 5.41) is 9.01. The highest BCUT2D eigenvalue weighted by Gasteiger charge is 2.36. The monoisotopic (exact) mass is 410 g/mol. The summed E-state index contributed by atoms with van der Waals surface area (Å²) >= 11 is 0. The van der Waals surface area contributed by atoms with Crippen LogP contribution in [0, 0.1) is 0 Å². The Morgan fingerprint density at radius 1 is 1.24 bits per heavy atom. The third-order valence-electron chi connectivity index (χ3n) is 4.54. The smallest absolute Gasteiger partial charge is 0.421 e. The number of hydrogen-bond donors (Lipinski definition) is 1. The van der Waals surface area contributed by atoms with Crippen LogP contribution in [0.5, 0.6) is 11.6 Å². The molecule has 1 amide bonds. The van der Waals surface area contributed by atoms with Gasteiger partial charge in [0.2, 0.25) is 11.8 Å². The number of carbonyl (C=O) groups excluding carboxylic acids is 1. The van der Waals surface area contributed by atoms with Gasteiger partial charge in [-0.15, -0.1) is 0 Å². The predicted molar refractivity (Wildman–Crippen MR) is 97.3 cm³/mol. The number of rotatable bonds is 7. The summed E-state index contributed by atoms with van der Waals surface area (Å²) in [7, 11) is 0. The summed E-state index contributed by atoms with van der Waals surface area (Å²) in [4.78, 5) is 17.6. The molecule has 0 bridgehead atoms. The van der Waals surface area contributed by atoms with E-state index in [1.165, 1.54) is 12.3 Å². The molecule has 156 valence electrons. The molecule has 9 heteroatoms. The summed E-state index contributed by atoms with van der Waals surface area (Å²) in [5.41, 5.74) is -0.163. The molecule has 1 aromatic carbocycles. The number of alkyl halides is 3. The van der Waals surface area contributed by atoms with E-state index >= 15 is 0 Å². The van der Waals surface area contributed by atoms with Gasteiger partial charge in [-0.1, -0.05) is 12.1 Å².